The molecule has 0 heterocycles. The highest BCUT2D eigenvalue weighted by molar-refractivity contribution is 5.93. The molecule has 0 atom stereocenters. The van der Waals surface area contributed by atoms with Crippen LogP contribution in [0.3, 0.4) is 0 Å². The highest BCUT2D eigenvalue weighted by atomic mass is 16.5. The van der Waals surface area contributed by atoms with E-state index in [1.807, 2.05) is 54.6 Å². The molecule has 0 unspecified atom stereocenters. The van der Waals surface area contributed by atoms with E-state index in [0.717, 1.165) is 5.75 Å². The minimum atomic E-state index is -0.342. The molecule has 0 aromatic heterocycles. The van der Waals surface area contributed by atoms with Gasteiger partial charge < -0.3 is 20.1 Å². The van der Waals surface area contributed by atoms with Crippen molar-refractivity contribution in [1.29, 1.82) is 0 Å². The predicted molar refractivity (Wildman–Crippen MR) is 122 cm³/mol. The number of hydrogen-bond donors (Lipinski definition) is 2. The molecule has 0 aliphatic carbocycles. The molecule has 0 saturated heterocycles. The average molecular weight is 418 g/mol. The SMILES string of the molecule is CC(C)c1ccc(NC(=O)COCC(=O)Nc2ccc(Oc3ccccc3)cc2)cc1. The second-order valence-corrected chi connectivity index (χ2v) is 7.31. The van der Waals surface area contributed by atoms with E-state index in [9.17, 15) is 9.59 Å². The van der Waals surface area contributed by atoms with Gasteiger partial charge >= 0.3 is 0 Å². The number of hydrogen-bond acceptors (Lipinski definition) is 4. The smallest absolute Gasteiger partial charge is 0.250 e. The molecule has 0 radical (unpaired) electrons. The van der Waals surface area contributed by atoms with Crippen molar-refractivity contribution in [2.45, 2.75) is 19.8 Å². The van der Waals surface area contributed by atoms with Crippen molar-refractivity contribution in [3.63, 3.8) is 0 Å². The van der Waals surface area contributed by atoms with Crippen molar-refractivity contribution in [2.24, 2.45) is 0 Å². The van der Waals surface area contributed by atoms with E-state index in [-0.39, 0.29) is 25.0 Å². The highest BCUT2D eigenvalue weighted by Gasteiger charge is 2.07. The van der Waals surface area contributed by atoms with Gasteiger partial charge in [0.2, 0.25) is 11.8 Å². The molecule has 3 rings (SSSR count). The number of amides is 2. The normalized spacial score (nSPS) is 10.5. The molecule has 0 aliphatic rings. The zero-order chi connectivity index (χ0) is 22.1. The van der Waals surface area contributed by atoms with E-state index < -0.39 is 0 Å². The third kappa shape index (κ3) is 7.28. The minimum absolute atomic E-state index is 0.205. The lowest BCUT2D eigenvalue weighted by Crippen LogP contribution is -2.23. The second kappa shape index (κ2) is 10.9. The number of benzene rings is 3. The van der Waals surface area contributed by atoms with Crippen LogP contribution in [0.5, 0.6) is 11.5 Å². The highest BCUT2D eigenvalue weighted by Crippen LogP contribution is 2.22. The first-order valence-electron chi connectivity index (χ1n) is 10.1. The molecule has 6 nitrogen and oxygen atoms in total. The van der Waals surface area contributed by atoms with Gasteiger partial charge in [0.15, 0.2) is 0 Å². The maximum atomic E-state index is 12.0. The van der Waals surface area contributed by atoms with E-state index in [0.29, 0.717) is 23.0 Å². The molecular weight excluding hydrogens is 392 g/mol. The fourth-order valence-electron chi connectivity index (χ4n) is 2.81. The van der Waals surface area contributed by atoms with Crippen LogP contribution in [0.4, 0.5) is 11.4 Å². The lowest BCUT2D eigenvalue weighted by molar-refractivity contribution is -0.125. The van der Waals surface area contributed by atoms with Crippen LogP contribution in [0.25, 0.3) is 0 Å². The fourth-order valence-corrected chi connectivity index (χ4v) is 2.81. The van der Waals surface area contributed by atoms with Crippen LogP contribution in [0.2, 0.25) is 0 Å². The van der Waals surface area contributed by atoms with Crippen molar-refractivity contribution in [3.8, 4) is 11.5 Å². The first-order valence-corrected chi connectivity index (χ1v) is 10.1. The Kier molecular flexibility index (Phi) is 7.79. The molecule has 0 bridgehead atoms. The van der Waals surface area contributed by atoms with Gasteiger partial charge in [-0.2, -0.15) is 0 Å². The van der Waals surface area contributed by atoms with Gasteiger partial charge in [-0.3, -0.25) is 9.59 Å². The van der Waals surface area contributed by atoms with E-state index in [2.05, 4.69) is 24.5 Å². The molecule has 6 heteroatoms. The van der Waals surface area contributed by atoms with E-state index >= 15 is 0 Å². The molecule has 0 aliphatic heterocycles. The molecule has 3 aromatic rings. The molecule has 2 N–H and O–H groups in total. The minimum Gasteiger partial charge on any atom is -0.457 e. The Balaban J connectivity index is 1.38. The number of nitrogens with one attached hydrogen (secondary N) is 2. The van der Waals surface area contributed by atoms with E-state index in [1.54, 1.807) is 24.3 Å². The third-order valence-corrected chi connectivity index (χ3v) is 4.44. The molecule has 2 amide bonds. The van der Waals surface area contributed by atoms with Crippen molar-refractivity contribution < 1.29 is 19.1 Å². The summed E-state index contributed by atoms with van der Waals surface area (Å²) in [5.74, 6) is 1.18. The Hall–Kier alpha value is -3.64. The third-order valence-electron chi connectivity index (χ3n) is 4.44. The van der Waals surface area contributed by atoms with Crippen molar-refractivity contribution in [3.05, 3.63) is 84.4 Å². The van der Waals surface area contributed by atoms with E-state index in [1.165, 1.54) is 5.56 Å². The van der Waals surface area contributed by atoms with Gasteiger partial charge in [-0.1, -0.05) is 44.2 Å². The number of rotatable bonds is 9. The van der Waals surface area contributed by atoms with Gasteiger partial charge in [0.05, 0.1) is 0 Å². The average Bonchev–Trinajstić information content (AvgIpc) is 2.76. The maximum absolute atomic E-state index is 12.0. The zero-order valence-corrected chi connectivity index (χ0v) is 17.6. The summed E-state index contributed by atoms with van der Waals surface area (Å²) in [6.07, 6.45) is 0. The molecule has 0 fully saturated rings. The molecular formula is C25H26N2O4. The first kappa shape index (κ1) is 22.1. The van der Waals surface area contributed by atoms with Crippen LogP contribution in [-0.2, 0) is 14.3 Å². The topological polar surface area (TPSA) is 76.7 Å². The maximum Gasteiger partial charge on any atom is 0.250 e. The summed E-state index contributed by atoms with van der Waals surface area (Å²) >= 11 is 0. The van der Waals surface area contributed by atoms with Crippen LogP contribution >= 0.6 is 0 Å². The van der Waals surface area contributed by atoms with E-state index in [4.69, 9.17) is 9.47 Å². The lowest BCUT2D eigenvalue weighted by atomic mass is 10.0. The summed E-state index contributed by atoms with van der Waals surface area (Å²) in [6, 6.07) is 24.1. The number of anilines is 2. The van der Waals surface area contributed by atoms with Gasteiger partial charge in [-0.25, -0.2) is 0 Å². The van der Waals surface area contributed by atoms with Crippen LogP contribution in [0, 0.1) is 0 Å². The molecule has 3 aromatic carbocycles. The summed E-state index contributed by atoms with van der Waals surface area (Å²) in [5, 5.41) is 5.47. The Morgan fingerprint density at radius 1 is 0.710 bits per heavy atom. The Morgan fingerprint density at radius 3 is 1.71 bits per heavy atom. The predicted octanol–water partition coefficient (Wildman–Crippen LogP) is 5.20. The zero-order valence-electron chi connectivity index (χ0n) is 17.6. The van der Waals surface area contributed by atoms with Crippen LogP contribution in [-0.4, -0.2) is 25.0 Å². The van der Waals surface area contributed by atoms with Crippen molar-refractivity contribution >= 4 is 23.2 Å². The number of ether oxygens (including phenoxy) is 2. The standard InChI is InChI=1S/C25H26N2O4/c1-18(2)19-8-10-20(11-9-19)26-24(28)16-30-17-25(29)27-21-12-14-23(15-13-21)31-22-6-4-3-5-7-22/h3-15,18H,16-17H2,1-2H3,(H,26,28)(H,27,29). The summed E-state index contributed by atoms with van der Waals surface area (Å²) < 4.78 is 10.9. The van der Waals surface area contributed by atoms with Gasteiger partial charge in [0.1, 0.15) is 24.7 Å². The van der Waals surface area contributed by atoms with Gasteiger partial charge in [0.25, 0.3) is 0 Å². The Bertz CT molecular complexity index is 984. The van der Waals surface area contributed by atoms with Gasteiger partial charge in [0, 0.05) is 11.4 Å². The Labute approximate surface area is 182 Å². The van der Waals surface area contributed by atoms with Crippen LogP contribution in [0.15, 0.2) is 78.9 Å². The van der Waals surface area contributed by atoms with Crippen molar-refractivity contribution in [1.82, 2.24) is 0 Å². The lowest BCUT2D eigenvalue weighted by Gasteiger charge is -2.10. The summed E-state index contributed by atoms with van der Waals surface area (Å²) in [5.41, 5.74) is 2.51. The van der Waals surface area contributed by atoms with Crippen LogP contribution < -0.4 is 15.4 Å². The summed E-state index contributed by atoms with van der Waals surface area (Å²) in [6.45, 7) is 3.80. The quantitative estimate of drug-likeness (QED) is 0.501. The molecule has 0 spiro atoms. The number of para-hydroxylation sites is 1. The van der Waals surface area contributed by atoms with Crippen molar-refractivity contribution in [2.75, 3.05) is 23.8 Å². The Morgan fingerprint density at radius 2 is 1.19 bits per heavy atom. The monoisotopic (exact) mass is 418 g/mol. The molecule has 0 saturated carbocycles. The molecule has 31 heavy (non-hydrogen) atoms. The number of carbonyl (C=O) groups excluding carboxylic acids is 2. The molecule has 160 valence electrons. The number of carbonyl (C=O) groups is 2. The summed E-state index contributed by atoms with van der Waals surface area (Å²) in [7, 11) is 0. The van der Waals surface area contributed by atoms with Crippen LogP contribution in [0.1, 0.15) is 25.3 Å². The largest absolute Gasteiger partial charge is 0.457 e. The first-order chi connectivity index (χ1) is 15.0. The van der Waals surface area contributed by atoms with Gasteiger partial charge in [-0.05, 0) is 60.0 Å². The second-order valence-electron chi connectivity index (χ2n) is 7.31. The summed E-state index contributed by atoms with van der Waals surface area (Å²) in [4.78, 5) is 24.0. The fraction of sp³-hybridized carbons (Fsp3) is 0.200. The van der Waals surface area contributed by atoms with Gasteiger partial charge in [-0.15, -0.1) is 0 Å².